The third-order valence-corrected chi connectivity index (χ3v) is 3.27. The van der Waals surface area contributed by atoms with E-state index in [0.29, 0.717) is 23.8 Å². The molecule has 1 fully saturated rings. The Morgan fingerprint density at radius 2 is 2.00 bits per heavy atom. The molecule has 0 bridgehead atoms. The molecule has 0 amide bonds. The van der Waals surface area contributed by atoms with Crippen LogP contribution in [0.5, 0.6) is 11.5 Å². The van der Waals surface area contributed by atoms with Gasteiger partial charge in [-0.05, 0) is 18.2 Å². The van der Waals surface area contributed by atoms with Crippen molar-refractivity contribution in [2.24, 2.45) is 0 Å². The Kier molecular flexibility index (Phi) is 3.53. The number of phenols is 2. The summed E-state index contributed by atoms with van der Waals surface area (Å²) in [6.45, 7) is 4.47. The maximum atomic E-state index is 9.48. The predicted molar refractivity (Wildman–Crippen MR) is 71.2 cm³/mol. The van der Waals surface area contributed by atoms with E-state index >= 15 is 0 Å². The highest BCUT2D eigenvalue weighted by Gasteiger charge is 2.15. The topological polar surface area (TPSA) is 94.7 Å². The highest BCUT2D eigenvalue weighted by atomic mass is 16.5. The standard InChI is InChI=1S/C13H16N4O3/c18-10-2-1-9(7-11(10)19)13-15-12(20-16-13)8-17-5-3-14-4-6-17/h1-2,7,14,18-19H,3-6,8H2. The van der Waals surface area contributed by atoms with Crippen LogP contribution in [0.25, 0.3) is 11.4 Å². The van der Waals surface area contributed by atoms with E-state index in [9.17, 15) is 10.2 Å². The van der Waals surface area contributed by atoms with E-state index in [1.54, 1.807) is 6.07 Å². The second-order valence-electron chi connectivity index (χ2n) is 4.74. The van der Waals surface area contributed by atoms with Gasteiger partial charge < -0.3 is 20.1 Å². The molecule has 7 heteroatoms. The molecule has 0 atom stereocenters. The first-order valence-corrected chi connectivity index (χ1v) is 6.50. The van der Waals surface area contributed by atoms with E-state index in [-0.39, 0.29) is 11.5 Å². The van der Waals surface area contributed by atoms with Gasteiger partial charge in [0.2, 0.25) is 11.7 Å². The monoisotopic (exact) mass is 276 g/mol. The van der Waals surface area contributed by atoms with Gasteiger partial charge in [0.1, 0.15) is 0 Å². The normalized spacial score (nSPS) is 16.4. The smallest absolute Gasteiger partial charge is 0.241 e. The Hall–Kier alpha value is -2.12. The van der Waals surface area contributed by atoms with E-state index in [1.165, 1.54) is 12.1 Å². The Morgan fingerprint density at radius 1 is 1.20 bits per heavy atom. The first kappa shape index (κ1) is 12.9. The van der Waals surface area contributed by atoms with E-state index in [0.717, 1.165) is 26.2 Å². The number of nitrogens with one attached hydrogen (secondary N) is 1. The van der Waals surface area contributed by atoms with Gasteiger partial charge in [-0.1, -0.05) is 5.16 Å². The van der Waals surface area contributed by atoms with Crippen molar-refractivity contribution in [2.75, 3.05) is 26.2 Å². The van der Waals surface area contributed by atoms with Gasteiger partial charge in [-0.2, -0.15) is 4.98 Å². The summed E-state index contributed by atoms with van der Waals surface area (Å²) in [6.07, 6.45) is 0. The molecule has 1 aliphatic heterocycles. The molecule has 2 aromatic rings. The van der Waals surface area contributed by atoms with Crippen molar-refractivity contribution in [3.8, 4) is 22.9 Å². The Bertz CT molecular complexity index is 593. The van der Waals surface area contributed by atoms with Crippen LogP contribution in [0, 0.1) is 0 Å². The van der Waals surface area contributed by atoms with Crippen molar-refractivity contribution in [3.63, 3.8) is 0 Å². The minimum Gasteiger partial charge on any atom is -0.504 e. The average molecular weight is 276 g/mol. The fraction of sp³-hybridized carbons (Fsp3) is 0.385. The van der Waals surface area contributed by atoms with E-state index in [1.807, 2.05) is 0 Å². The van der Waals surface area contributed by atoms with E-state index < -0.39 is 0 Å². The molecule has 0 saturated carbocycles. The maximum absolute atomic E-state index is 9.48. The third-order valence-electron chi connectivity index (χ3n) is 3.27. The zero-order chi connectivity index (χ0) is 13.9. The molecule has 7 nitrogen and oxygen atoms in total. The van der Waals surface area contributed by atoms with Crippen LogP contribution in [-0.4, -0.2) is 51.4 Å². The van der Waals surface area contributed by atoms with Gasteiger partial charge in [0.05, 0.1) is 6.54 Å². The van der Waals surface area contributed by atoms with Gasteiger partial charge in [0.25, 0.3) is 0 Å². The molecule has 0 unspecified atom stereocenters. The van der Waals surface area contributed by atoms with Crippen molar-refractivity contribution < 1.29 is 14.7 Å². The molecule has 20 heavy (non-hydrogen) atoms. The van der Waals surface area contributed by atoms with Crippen LogP contribution >= 0.6 is 0 Å². The summed E-state index contributed by atoms with van der Waals surface area (Å²) >= 11 is 0. The van der Waals surface area contributed by atoms with Crippen molar-refractivity contribution in [2.45, 2.75) is 6.54 Å². The summed E-state index contributed by atoms with van der Waals surface area (Å²) in [5, 5.41) is 25.9. The van der Waals surface area contributed by atoms with Gasteiger partial charge in [-0.3, -0.25) is 4.90 Å². The highest BCUT2D eigenvalue weighted by molar-refractivity contribution is 5.59. The van der Waals surface area contributed by atoms with Crippen LogP contribution in [0.1, 0.15) is 5.89 Å². The number of aromatic hydroxyl groups is 2. The molecule has 1 aliphatic rings. The lowest BCUT2D eigenvalue weighted by molar-refractivity contribution is 0.203. The first-order valence-electron chi connectivity index (χ1n) is 6.50. The quantitative estimate of drug-likeness (QED) is 0.705. The van der Waals surface area contributed by atoms with E-state index in [4.69, 9.17) is 4.52 Å². The summed E-state index contributed by atoms with van der Waals surface area (Å²) in [6, 6.07) is 4.44. The number of benzene rings is 1. The van der Waals surface area contributed by atoms with Crippen molar-refractivity contribution in [1.82, 2.24) is 20.4 Å². The first-order chi connectivity index (χ1) is 9.72. The summed E-state index contributed by atoms with van der Waals surface area (Å²) < 4.78 is 5.22. The van der Waals surface area contributed by atoms with Crippen molar-refractivity contribution in [1.29, 1.82) is 0 Å². The Labute approximate surface area is 115 Å². The van der Waals surface area contributed by atoms with Gasteiger partial charge in [-0.15, -0.1) is 0 Å². The van der Waals surface area contributed by atoms with Gasteiger partial charge in [-0.25, -0.2) is 0 Å². The molecule has 2 heterocycles. The zero-order valence-electron chi connectivity index (χ0n) is 10.9. The molecular formula is C13H16N4O3. The molecule has 0 spiro atoms. The summed E-state index contributed by atoms with van der Waals surface area (Å²) in [4.78, 5) is 6.55. The fourth-order valence-electron chi connectivity index (χ4n) is 2.16. The maximum Gasteiger partial charge on any atom is 0.241 e. The fourth-order valence-corrected chi connectivity index (χ4v) is 2.16. The molecule has 1 aromatic carbocycles. The lowest BCUT2D eigenvalue weighted by atomic mass is 10.2. The van der Waals surface area contributed by atoms with Crippen molar-refractivity contribution in [3.05, 3.63) is 24.1 Å². The molecule has 0 aliphatic carbocycles. The predicted octanol–water partition coefficient (Wildman–Crippen LogP) is 0.553. The second kappa shape index (κ2) is 5.48. The van der Waals surface area contributed by atoms with Crippen LogP contribution in [0.15, 0.2) is 22.7 Å². The van der Waals surface area contributed by atoms with Gasteiger partial charge in [0.15, 0.2) is 11.5 Å². The summed E-state index contributed by atoms with van der Waals surface area (Å²) in [7, 11) is 0. The average Bonchev–Trinajstić information content (AvgIpc) is 2.91. The zero-order valence-corrected chi connectivity index (χ0v) is 10.9. The minimum absolute atomic E-state index is 0.168. The van der Waals surface area contributed by atoms with Crippen LogP contribution < -0.4 is 5.32 Å². The molecule has 3 rings (SSSR count). The molecule has 3 N–H and O–H groups in total. The lowest BCUT2D eigenvalue weighted by Gasteiger charge is -2.25. The largest absolute Gasteiger partial charge is 0.504 e. The SMILES string of the molecule is Oc1ccc(-c2noc(CN3CCNCC3)n2)cc1O. The van der Waals surface area contributed by atoms with Crippen LogP contribution in [0.3, 0.4) is 0 Å². The number of nitrogens with zero attached hydrogens (tertiary/aromatic N) is 3. The number of aromatic nitrogens is 2. The molecule has 1 saturated heterocycles. The summed E-state index contributed by atoms with van der Waals surface area (Å²) in [5.41, 5.74) is 0.607. The number of phenolic OH excluding ortho intramolecular Hbond substituents is 2. The number of rotatable bonds is 3. The summed E-state index contributed by atoms with van der Waals surface area (Å²) in [5.74, 6) is 0.592. The lowest BCUT2D eigenvalue weighted by Crippen LogP contribution is -2.42. The highest BCUT2D eigenvalue weighted by Crippen LogP contribution is 2.29. The minimum atomic E-state index is -0.198. The molecule has 0 radical (unpaired) electrons. The number of hydrogen-bond acceptors (Lipinski definition) is 7. The van der Waals surface area contributed by atoms with Gasteiger partial charge in [0, 0.05) is 31.7 Å². The third kappa shape index (κ3) is 2.73. The molecular weight excluding hydrogens is 260 g/mol. The van der Waals surface area contributed by atoms with Crippen LogP contribution in [0.2, 0.25) is 0 Å². The Morgan fingerprint density at radius 3 is 2.75 bits per heavy atom. The number of hydrogen-bond donors (Lipinski definition) is 3. The second-order valence-corrected chi connectivity index (χ2v) is 4.74. The van der Waals surface area contributed by atoms with E-state index in [2.05, 4.69) is 20.4 Å². The van der Waals surface area contributed by atoms with Crippen LogP contribution in [0.4, 0.5) is 0 Å². The number of piperazine rings is 1. The van der Waals surface area contributed by atoms with Crippen LogP contribution in [-0.2, 0) is 6.54 Å². The Balaban J connectivity index is 1.73. The molecule has 106 valence electrons. The van der Waals surface area contributed by atoms with Gasteiger partial charge >= 0.3 is 0 Å². The van der Waals surface area contributed by atoms with Crippen molar-refractivity contribution >= 4 is 0 Å². The molecule has 1 aromatic heterocycles.